The van der Waals surface area contributed by atoms with Crippen molar-refractivity contribution in [3.05, 3.63) is 30.3 Å². The van der Waals surface area contributed by atoms with Gasteiger partial charge in [0.05, 0.1) is 0 Å². The summed E-state index contributed by atoms with van der Waals surface area (Å²) in [6, 6.07) is 9.51. The van der Waals surface area contributed by atoms with Gasteiger partial charge in [-0.1, -0.05) is 39.0 Å². The molecule has 0 spiro atoms. The number of amides is 2. The lowest BCUT2D eigenvalue weighted by Crippen LogP contribution is -2.49. The number of hydrogen-bond acceptors (Lipinski definition) is 3. The van der Waals surface area contributed by atoms with Crippen molar-refractivity contribution in [2.24, 2.45) is 5.41 Å². The zero-order valence-electron chi connectivity index (χ0n) is 15.0. The van der Waals surface area contributed by atoms with Crippen LogP contribution in [0.5, 0.6) is 0 Å². The lowest BCUT2D eigenvalue weighted by Gasteiger charge is -2.35. The topological polar surface area (TPSA) is 52.7 Å². The van der Waals surface area contributed by atoms with E-state index in [1.807, 2.05) is 35.2 Å². The summed E-state index contributed by atoms with van der Waals surface area (Å²) in [5.41, 5.74) is 0.865. The van der Waals surface area contributed by atoms with Gasteiger partial charge in [0, 0.05) is 51.3 Å². The first kappa shape index (κ1) is 18.5. The summed E-state index contributed by atoms with van der Waals surface area (Å²) in [5.74, 6) is 0.274. The second-order valence-electron chi connectivity index (χ2n) is 7.62. The molecule has 0 saturated carbocycles. The van der Waals surface area contributed by atoms with Gasteiger partial charge < -0.3 is 10.2 Å². The van der Waals surface area contributed by atoms with Crippen LogP contribution in [0.4, 0.5) is 5.69 Å². The van der Waals surface area contributed by atoms with Crippen molar-refractivity contribution in [2.75, 3.05) is 38.0 Å². The molecule has 1 heterocycles. The van der Waals surface area contributed by atoms with E-state index in [2.05, 4.69) is 31.0 Å². The number of rotatable bonds is 5. The fraction of sp³-hybridized carbons (Fsp3) is 0.579. The molecule has 0 aliphatic carbocycles. The van der Waals surface area contributed by atoms with Gasteiger partial charge >= 0.3 is 0 Å². The Balaban J connectivity index is 1.68. The van der Waals surface area contributed by atoms with Crippen LogP contribution in [-0.2, 0) is 9.59 Å². The molecule has 0 radical (unpaired) electrons. The Morgan fingerprint density at radius 3 is 2.25 bits per heavy atom. The number of piperazine rings is 1. The molecule has 2 rings (SSSR count). The Kier molecular flexibility index (Phi) is 6.37. The maximum atomic E-state index is 12.2. The molecule has 1 aliphatic rings. The number of hydrogen-bond donors (Lipinski definition) is 1. The Hall–Kier alpha value is -1.88. The number of nitrogens with zero attached hydrogens (tertiary/aromatic N) is 2. The van der Waals surface area contributed by atoms with Crippen molar-refractivity contribution in [3.63, 3.8) is 0 Å². The molecule has 0 atom stereocenters. The summed E-state index contributed by atoms with van der Waals surface area (Å²) < 4.78 is 0. The summed E-state index contributed by atoms with van der Waals surface area (Å²) in [4.78, 5) is 28.4. The number of carbonyl (C=O) groups excluding carboxylic acids is 2. The van der Waals surface area contributed by atoms with Gasteiger partial charge in [0.15, 0.2) is 0 Å². The van der Waals surface area contributed by atoms with E-state index in [4.69, 9.17) is 0 Å². The van der Waals surface area contributed by atoms with E-state index in [0.29, 0.717) is 12.8 Å². The van der Waals surface area contributed by atoms with Crippen LogP contribution in [0.2, 0.25) is 0 Å². The number of anilines is 1. The molecule has 5 nitrogen and oxygen atoms in total. The standard InChI is InChI=1S/C19H29N3O2/c1-19(2,3)15-18(24)22-13-11-21(12-14-22)10-9-17(23)20-16-7-5-4-6-8-16/h4-8H,9-15H2,1-3H3,(H,20,23). The smallest absolute Gasteiger partial charge is 0.225 e. The quantitative estimate of drug-likeness (QED) is 0.902. The summed E-state index contributed by atoms with van der Waals surface area (Å²) in [6.45, 7) is 10.2. The van der Waals surface area contributed by atoms with Gasteiger partial charge in [-0.2, -0.15) is 0 Å². The van der Waals surface area contributed by atoms with Gasteiger partial charge in [-0.15, -0.1) is 0 Å². The normalized spacial score (nSPS) is 16.0. The molecule has 2 amide bonds. The third-order valence-corrected chi connectivity index (χ3v) is 4.12. The van der Waals surface area contributed by atoms with Crippen molar-refractivity contribution in [2.45, 2.75) is 33.6 Å². The number of para-hydroxylation sites is 1. The Bertz CT molecular complexity index is 543. The number of benzene rings is 1. The van der Waals surface area contributed by atoms with Gasteiger partial charge in [0.2, 0.25) is 11.8 Å². The minimum Gasteiger partial charge on any atom is -0.340 e. The third kappa shape index (κ3) is 6.32. The van der Waals surface area contributed by atoms with Gasteiger partial charge in [-0.3, -0.25) is 14.5 Å². The molecule has 0 aromatic heterocycles. The van der Waals surface area contributed by atoms with Crippen molar-refractivity contribution in [1.29, 1.82) is 0 Å². The largest absolute Gasteiger partial charge is 0.340 e. The second kappa shape index (κ2) is 8.29. The third-order valence-electron chi connectivity index (χ3n) is 4.12. The highest BCUT2D eigenvalue weighted by atomic mass is 16.2. The van der Waals surface area contributed by atoms with E-state index in [-0.39, 0.29) is 17.2 Å². The summed E-state index contributed by atoms with van der Waals surface area (Å²) in [7, 11) is 0. The van der Waals surface area contributed by atoms with E-state index in [1.54, 1.807) is 0 Å². The van der Waals surface area contributed by atoms with Gasteiger partial charge in [0.25, 0.3) is 0 Å². The van der Waals surface area contributed by atoms with E-state index < -0.39 is 0 Å². The Labute approximate surface area is 145 Å². The maximum Gasteiger partial charge on any atom is 0.225 e. The van der Waals surface area contributed by atoms with E-state index in [0.717, 1.165) is 38.4 Å². The van der Waals surface area contributed by atoms with Crippen LogP contribution in [0, 0.1) is 5.41 Å². The van der Waals surface area contributed by atoms with Crippen LogP contribution in [0.1, 0.15) is 33.6 Å². The van der Waals surface area contributed by atoms with Gasteiger partial charge in [-0.05, 0) is 17.5 Å². The maximum absolute atomic E-state index is 12.2. The number of nitrogens with one attached hydrogen (secondary N) is 1. The fourth-order valence-electron chi connectivity index (χ4n) is 2.79. The Morgan fingerprint density at radius 2 is 1.67 bits per heavy atom. The molecule has 1 aliphatic heterocycles. The first-order chi connectivity index (χ1) is 11.3. The lowest BCUT2D eigenvalue weighted by atomic mass is 9.91. The van der Waals surface area contributed by atoms with Crippen LogP contribution in [-0.4, -0.2) is 54.3 Å². The summed E-state index contributed by atoms with van der Waals surface area (Å²) in [5, 5.41) is 2.90. The first-order valence-electron chi connectivity index (χ1n) is 8.68. The van der Waals surface area contributed by atoms with E-state index in [9.17, 15) is 9.59 Å². The van der Waals surface area contributed by atoms with Crippen LogP contribution in [0.3, 0.4) is 0 Å². The Morgan fingerprint density at radius 1 is 1.04 bits per heavy atom. The van der Waals surface area contributed by atoms with Gasteiger partial charge in [0.1, 0.15) is 0 Å². The van der Waals surface area contributed by atoms with Crippen molar-refractivity contribution in [3.8, 4) is 0 Å². The van der Waals surface area contributed by atoms with Crippen LogP contribution in [0.25, 0.3) is 0 Å². The van der Waals surface area contributed by atoms with Crippen LogP contribution in [0.15, 0.2) is 30.3 Å². The molecular formula is C19H29N3O2. The highest BCUT2D eigenvalue weighted by Crippen LogP contribution is 2.20. The molecule has 1 saturated heterocycles. The molecule has 24 heavy (non-hydrogen) atoms. The molecule has 1 fully saturated rings. The molecule has 1 aromatic rings. The van der Waals surface area contributed by atoms with E-state index >= 15 is 0 Å². The first-order valence-corrected chi connectivity index (χ1v) is 8.68. The van der Waals surface area contributed by atoms with Crippen molar-refractivity contribution in [1.82, 2.24) is 9.80 Å². The minimum absolute atomic E-state index is 0.0315. The van der Waals surface area contributed by atoms with Crippen LogP contribution >= 0.6 is 0 Å². The summed E-state index contributed by atoms with van der Waals surface area (Å²) >= 11 is 0. The second-order valence-corrected chi connectivity index (χ2v) is 7.62. The SMILES string of the molecule is CC(C)(C)CC(=O)N1CCN(CCC(=O)Nc2ccccc2)CC1. The van der Waals surface area contributed by atoms with E-state index in [1.165, 1.54) is 0 Å². The monoisotopic (exact) mass is 331 g/mol. The van der Waals surface area contributed by atoms with Gasteiger partial charge in [-0.25, -0.2) is 0 Å². The average molecular weight is 331 g/mol. The molecule has 0 unspecified atom stereocenters. The zero-order valence-corrected chi connectivity index (χ0v) is 15.0. The highest BCUT2D eigenvalue weighted by Gasteiger charge is 2.24. The molecule has 132 valence electrons. The molecule has 0 bridgehead atoms. The predicted molar refractivity (Wildman–Crippen MR) is 96.8 cm³/mol. The number of carbonyl (C=O) groups is 2. The molecule has 1 aromatic carbocycles. The van der Waals surface area contributed by atoms with Crippen molar-refractivity contribution < 1.29 is 9.59 Å². The molecular weight excluding hydrogens is 302 g/mol. The van der Waals surface area contributed by atoms with Crippen molar-refractivity contribution >= 4 is 17.5 Å². The fourth-order valence-corrected chi connectivity index (χ4v) is 2.79. The predicted octanol–water partition coefficient (Wildman–Crippen LogP) is 2.60. The molecule has 1 N–H and O–H groups in total. The zero-order chi connectivity index (χ0) is 17.6. The van der Waals surface area contributed by atoms with Crippen LogP contribution < -0.4 is 5.32 Å². The molecule has 5 heteroatoms. The highest BCUT2D eigenvalue weighted by molar-refractivity contribution is 5.90. The minimum atomic E-state index is 0.0315. The lowest BCUT2D eigenvalue weighted by molar-refractivity contribution is -0.135. The average Bonchev–Trinajstić information content (AvgIpc) is 2.53. The summed E-state index contributed by atoms with van der Waals surface area (Å²) in [6.07, 6.45) is 1.07.